The third-order valence-corrected chi connectivity index (χ3v) is 3.25. The topological polar surface area (TPSA) is 55.5 Å². The molecule has 0 saturated heterocycles. The summed E-state index contributed by atoms with van der Waals surface area (Å²) in [5.74, 6) is 1.85. The van der Waals surface area contributed by atoms with E-state index < -0.39 is 0 Å². The summed E-state index contributed by atoms with van der Waals surface area (Å²) in [5, 5.41) is 9.28. The van der Waals surface area contributed by atoms with Crippen molar-refractivity contribution >= 4 is 0 Å². The lowest BCUT2D eigenvalue weighted by Crippen LogP contribution is -2.01. The van der Waals surface area contributed by atoms with E-state index in [1.54, 1.807) is 24.3 Å². The maximum Gasteiger partial charge on any atom is 0.133 e. The van der Waals surface area contributed by atoms with Crippen LogP contribution in [0.2, 0.25) is 0 Å². The minimum Gasteiger partial charge on any atom is -0.508 e. The average Bonchev–Trinajstić information content (AvgIpc) is 2.69. The molecule has 0 heterocycles. The number of aromatic hydroxyl groups is 1. The minimum absolute atomic E-state index is 0.239. The zero-order valence-corrected chi connectivity index (χ0v) is 18.0. The van der Waals surface area contributed by atoms with Gasteiger partial charge in [-0.15, -0.1) is 0 Å². The van der Waals surface area contributed by atoms with E-state index in [-0.39, 0.29) is 5.75 Å². The highest BCUT2D eigenvalue weighted by Crippen LogP contribution is 2.30. The molecule has 0 amide bonds. The molecule has 0 bridgehead atoms. The van der Waals surface area contributed by atoms with Gasteiger partial charge in [0.25, 0.3) is 0 Å². The monoisotopic (exact) mass is 361 g/mol. The smallest absolute Gasteiger partial charge is 0.133 e. The van der Waals surface area contributed by atoms with Crippen LogP contribution in [0.15, 0.2) is 36.4 Å². The van der Waals surface area contributed by atoms with Crippen LogP contribution in [0.5, 0.6) is 17.2 Å². The third kappa shape index (κ3) is 9.47. The van der Waals surface area contributed by atoms with Crippen LogP contribution in [0.25, 0.3) is 0 Å². The van der Waals surface area contributed by atoms with Crippen LogP contribution in [0.4, 0.5) is 0 Å². The summed E-state index contributed by atoms with van der Waals surface area (Å²) in [4.78, 5) is 0. The second-order valence-electron chi connectivity index (χ2n) is 5.05. The van der Waals surface area contributed by atoms with Gasteiger partial charge in [-0.2, -0.15) is 0 Å². The molecular formula is C23H39NO2. The summed E-state index contributed by atoms with van der Waals surface area (Å²) in [6.45, 7) is 16.8. The number of hydrogen-bond acceptors (Lipinski definition) is 3. The molecule has 26 heavy (non-hydrogen) atoms. The van der Waals surface area contributed by atoms with E-state index in [4.69, 9.17) is 10.5 Å². The predicted octanol–water partition coefficient (Wildman–Crippen LogP) is 6.77. The second kappa shape index (κ2) is 16.5. The molecule has 3 N–H and O–H groups in total. The standard InChI is InChI=1S/C17H21NO2.3C2H6/c1-12-10-14(4-3-9-18)11-13(2)17(12)20-16-7-5-15(19)6-8-16;3*1-2/h5-8,10-11,19H,3-4,9,18H2,1-2H3;3*1-2H3. The number of phenolic OH excluding ortho intramolecular Hbond substituents is 1. The first-order chi connectivity index (χ1) is 12.6. The Morgan fingerprint density at radius 2 is 1.31 bits per heavy atom. The zero-order chi connectivity index (χ0) is 20.5. The van der Waals surface area contributed by atoms with Crippen molar-refractivity contribution in [3.8, 4) is 17.2 Å². The van der Waals surface area contributed by atoms with Crippen LogP contribution in [-0.4, -0.2) is 11.7 Å². The predicted molar refractivity (Wildman–Crippen MR) is 116 cm³/mol. The lowest BCUT2D eigenvalue weighted by Gasteiger charge is -2.14. The van der Waals surface area contributed by atoms with E-state index in [9.17, 15) is 5.11 Å². The van der Waals surface area contributed by atoms with Crippen molar-refractivity contribution in [3.63, 3.8) is 0 Å². The highest BCUT2D eigenvalue weighted by molar-refractivity contribution is 5.46. The molecule has 3 nitrogen and oxygen atoms in total. The average molecular weight is 362 g/mol. The van der Waals surface area contributed by atoms with Gasteiger partial charge in [-0.05, 0) is 74.2 Å². The lowest BCUT2D eigenvalue weighted by molar-refractivity contribution is 0.461. The first kappa shape index (κ1) is 26.2. The Kier molecular flexibility index (Phi) is 16.6. The summed E-state index contributed by atoms with van der Waals surface area (Å²) in [5.41, 5.74) is 9.08. The number of hydrogen-bond donors (Lipinski definition) is 2. The number of benzene rings is 2. The van der Waals surface area contributed by atoms with Crippen LogP contribution in [0, 0.1) is 13.8 Å². The van der Waals surface area contributed by atoms with Crippen molar-refractivity contribution in [2.75, 3.05) is 6.54 Å². The first-order valence-corrected chi connectivity index (χ1v) is 9.87. The molecule has 148 valence electrons. The van der Waals surface area contributed by atoms with Gasteiger partial charge in [-0.25, -0.2) is 0 Å². The summed E-state index contributed by atoms with van der Waals surface area (Å²) >= 11 is 0. The number of nitrogens with two attached hydrogens (primary N) is 1. The minimum atomic E-state index is 0.239. The molecule has 0 spiro atoms. The van der Waals surface area contributed by atoms with Crippen molar-refractivity contribution in [3.05, 3.63) is 53.1 Å². The maximum atomic E-state index is 9.28. The van der Waals surface area contributed by atoms with E-state index >= 15 is 0 Å². The van der Waals surface area contributed by atoms with Crippen molar-refractivity contribution in [1.29, 1.82) is 0 Å². The van der Waals surface area contributed by atoms with Crippen molar-refractivity contribution in [1.82, 2.24) is 0 Å². The molecule has 3 heteroatoms. The van der Waals surface area contributed by atoms with Crippen molar-refractivity contribution < 1.29 is 9.84 Å². The molecule has 0 aliphatic rings. The van der Waals surface area contributed by atoms with Gasteiger partial charge in [-0.1, -0.05) is 53.7 Å². The number of rotatable bonds is 5. The van der Waals surface area contributed by atoms with E-state index in [1.807, 2.05) is 41.5 Å². The fourth-order valence-electron chi connectivity index (χ4n) is 2.28. The van der Waals surface area contributed by atoms with Crippen molar-refractivity contribution in [2.45, 2.75) is 68.2 Å². The Morgan fingerprint density at radius 3 is 1.73 bits per heavy atom. The Morgan fingerprint density at radius 1 is 0.846 bits per heavy atom. The summed E-state index contributed by atoms with van der Waals surface area (Å²) in [7, 11) is 0. The van der Waals surface area contributed by atoms with Gasteiger partial charge in [0.2, 0.25) is 0 Å². The zero-order valence-electron chi connectivity index (χ0n) is 18.0. The van der Waals surface area contributed by atoms with Crippen LogP contribution in [-0.2, 0) is 6.42 Å². The molecule has 2 aromatic rings. The largest absolute Gasteiger partial charge is 0.508 e. The lowest BCUT2D eigenvalue weighted by atomic mass is 10.0. The maximum absolute atomic E-state index is 9.28. The quantitative estimate of drug-likeness (QED) is 0.617. The highest BCUT2D eigenvalue weighted by Gasteiger charge is 2.08. The highest BCUT2D eigenvalue weighted by atomic mass is 16.5. The summed E-state index contributed by atoms with van der Waals surface area (Å²) in [6.07, 6.45) is 1.99. The Hall–Kier alpha value is -2.00. The molecule has 0 aliphatic carbocycles. The summed E-state index contributed by atoms with van der Waals surface area (Å²) < 4.78 is 5.92. The van der Waals surface area contributed by atoms with Gasteiger partial charge in [0.15, 0.2) is 0 Å². The van der Waals surface area contributed by atoms with Crippen LogP contribution >= 0.6 is 0 Å². The molecule has 0 aromatic heterocycles. The normalized spacial score (nSPS) is 8.81. The molecule has 0 aliphatic heterocycles. The molecule has 2 rings (SSSR count). The summed E-state index contributed by atoms with van der Waals surface area (Å²) in [6, 6.07) is 11.1. The molecule has 0 fully saturated rings. The molecule has 0 radical (unpaired) electrons. The van der Waals surface area contributed by atoms with E-state index in [0.29, 0.717) is 6.54 Å². The van der Waals surface area contributed by atoms with Gasteiger partial charge in [-0.3, -0.25) is 0 Å². The molecular weight excluding hydrogens is 322 g/mol. The van der Waals surface area contributed by atoms with Gasteiger partial charge >= 0.3 is 0 Å². The Labute approximate surface area is 161 Å². The molecule has 2 aromatic carbocycles. The van der Waals surface area contributed by atoms with E-state index in [1.165, 1.54) is 5.56 Å². The number of aryl methyl sites for hydroxylation is 3. The SMILES string of the molecule is CC.CC.CC.Cc1cc(CCCN)cc(C)c1Oc1ccc(O)cc1. The van der Waals surface area contributed by atoms with Gasteiger partial charge in [0.05, 0.1) is 0 Å². The van der Waals surface area contributed by atoms with Crippen LogP contribution in [0.3, 0.4) is 0 Å². The molecule has 0 atom stereocenters. The second-order valence-corrected chi connectivity index (χ2v) is 5.05. The van der Waals surface area contributed by atoms with Gasteiger partial charge in [0.1, 0.15) is 17.2 Å². The van der Waals surface area contributed by atoms with E-state index in [0.717, 1.165) is 35.5 Å². The number of ether oxygens (including phenoxy) is 1. The fraction of sp³-hybridized carbons (Fsp3) is 0.478. The molecule has 0 saturated carbocycles. The Bertz CT molecular complexity index is 554. The molecule has 0 unspecified atom stereocenters. The fourth-order valence-corrected chi connectivity index (χ4v) is 2.28. The van der Waals surface area contributed by atoms with Crippen molar-refractivity contribution in [2.24, 2.45) is 5.73 Å². The third-order valence-electron chi connectivity index (χ3n) is 3.25. The van der Waals surface area contributed by atoms with E-state index in [2.05, 4.69) is 26.0 Å². The van der Waals surface area contributed by atoms with Crippen LogP contribution in [0.1, 0.15) is 64.7 Å². The first-order valence-electron chi connectivity index (χ1n) is 9.87. The Balaban J connectivity index is 0. The van der Waals surface area contributed by atoms with Crippen LogP contribution < -0.4 is 10.5 Å². The number of phenols is 1. The van der Waals surface area contributed by atoms with Gasteiger partial charge < -0.3 is 15.6 Å². The van der Waals surface area contributed by atoms with Gasteiger partial charge in [0, 0.05) is 0 Å².